The minimum Gasteiger partial charge on any atom is -0.467 e. The van der Waals surface area contributed by atoms with E-state index < -0.39 is 12.0 Å². The summed E-state index contributed by atoms with van der Waals surface area (Å²) >= 11 is 0. The highest BCUT2D eigenvalue weighted by molar-refractivity contribution is 5.84. The first-order valence-electron chi connectivity index (χ1n) is 5.01. The lowest BCUT2D eigenvalue weighted by Crippen LogP contribution is -2.44. The van der Waals surface area contributed by atoms with Crippen molar-refractivity contribution in [3.63, 3.8) is 0 Å². The standard InChI is InChI=1S/C11H19NO3/c1-5-6-7-9(13)12-10(8(2)3)11(14)15-4/h5,8,10H,1,6-7H2,2-4H3,(H,12,13). The smallest absolute Gasteiger partial charge is 0.328 e. The molecular formula is C11H19NO3. The van der Waals surface area contributed by atoms with Crippen LogP contribution in [0.3, 0.4) is 0 Å². The van der Waals surface area contributed by atoms with Gasteiger partial charge in [-0.2, -0.15) is 0 Å². The van der Waals surface area contributed by atoms with Crippen molar-refractivity contribution in [3.05, 3.63) is 12.7 Å². The Morgan fingerprint density at radius 2 is 2.07 bits per heavy atom. The van der Waals surface area contributed by atoms with Gasteiger partial charge < -0.3 is 10.1 Å². The number of methoxy groups -OCH3 is 1. The van der Waals surface area contributed by atoms with Gasteiger partial charge in [0.05, 0.1) is 7.11 Å². The van der Waals surface area contributed by atoms with Crippen LogP contribution in [0.5, 0.6) is 0 Å². The number of allylic oxidation sites excluding steroid dienone is 1. The van der Waals surface area contributed by atoms with Gasteiger partial charge in [0.1, 0.15) is 6.04 Å². The Balaban J connectivity index is 4.22. The fourth-order valence-electron chi connectivity index (χ4n) is 1.10. The van der Waals surface area contributed by atoms with Crippen LogP contribution in [0.25, 0.3) is 0 Å². The number of ether oxygens (including phenoxy) is 1. The lowest BCUT2D eigenvalue weighted by molar-refractivity contribution is -0.146. The van der Waals surface area contributed by atoms with Crippen LogP contribution in [0.1, 0.15) is 26.7 Å². The molecule has 0 rings (SSSR count). The fraction of sp³-hybridized carbons (Fsp3) is 0.636. The number of carbonyl (C=O) groups is 2. The van der Waals surface area contributed by atoms with Crippen LogP contribution < -0.4 is 5.32 Å². The van der Waals surface area contributed by atoms with Crippen molar-refractivity contribution in [2.24, 2.45) is 5.92 Å². The first kappa shape index (κ1) is 13.7. The SMILES string of the molecule is C=CCCC(=O)NC(C(=O)OC)C(C)C. The molecule has 0 aromatic rings. The van der Waals surface area contributed by atoms with E-state index in [0.29, 0.717) is 12.8 Å². The molecule has 0 spiro atoms. The summed E-state index contributed by atoms with van der Waals surface area (Å²) in [6.45, 7) is 7.24. The zero-order valence-corrected chi connectivity index (χ0v) is 9.58. The second-order valence-electron chi connectivity index (χ2n) is 3.64. The van der Waals surface area contributed by atoms with E-state index in [4.69, 9.17) is 0 Å². The predicted molar refractivity (Wildman–Crippen MR) is 58.2 cm³/mol. The van der Waals surface area contributed by atoms with Gasteiger partial charge in [-0.05, 0) is 12.3 Å². The number of amides is 1. The largest absolute Gasteiger partial charge is 0.467 e. The minimum atomic E-state index is -0.563. The molecule has 0 bridgehead atoms. The molecule has 0 radical (unpaired) electrons. The summed E-state index contributed by atoms with van der Waals surface area (Å²) in [4.78, 5) is 22.7. The summed E-state index contributed by atoms with van der Waals surface area (Å²) in [5, 5.41) is 2.64. The average Bonchev–Trinajstić information content (AvgIpc) is 2.21. The number of hydrogen-bond donors (Lipinski definition) is 1. The maximum atomic E-state index is 11.4. The third-order valence-corrected chi connectivity index (χ3v) is 2.01. The number of esters is 1. The third-order valence-electron chi connectivity index (χ3n) is 2.01. The summed E-state index contributed by atoms with van der Waals surface area (Å²) in [7, 11) is 1.31. The van der Waals surface area contributed by atoms with Gasteiger partial charge in [-0.3, -0.25) is 4.79 Å². The average molecular weight is 213 g/mol. The molecule has 86 valence electrons. The molecule has 0 fully saturated rings. The Kier molecular flexibility index (Phi) is 6.42. The summed E-state index contributed by atoms with van der Waals surface area (Å²) < 4.78 is 4.61. The van der Waals surface area contributed by atoms with Crippen LogP contribution in [0.2, 0.25) is 0 Å². The van der Waals surface area contributed by atoms with Crippen molar-refractivity contribution < 1.29 is 14.3 Å². The van der Waals surface area contributed by atoms with Crippen LogP contribution in [0, 0.1) is 5.92 Å². The highest BCUT2D eigenvalue weighted by Crippen LogP contribution is 2.04. The van der Waals surface area contributed by atoms with E-state index in [1.165, 1.54) is 7.11 Å². The Hall–Kier alpha value is -1.32. The second-order valence-corrected chi connectivity index (χ2v) is 3.64. The van der Waals surface area contributed by atoms with Gasteiger partial charge in [0, 0.05) is 6.42 Å². The van der Waals surface area contributed by atoms with Crippen molar-refractivity contribution in [2.75, 3.05) is 7.11 Å². The Labute approximate surface area is 90.7 Å². The van der Waals surface area contributed by atoms with E-state index in [0.717, 1.165) is 0 Å². The lowest BCUT2D eigenvalue weighted by atomic mass is 10.0. The Morgan fingerprint density at radius 3 is 2.47 bits per heavy atom. The van der Waals surface area contributed by atoms with Gasteiger partial charge in [-0.15, -0.1) is 6.58 Å². The molecule has 0 saturated heterocycles. The molecule has 1 unspecified atom stereocenters. The van der Waals surface area contributed by atoms with Crippen molar-refractivity contribution in [2.45, 2.75) is 32.7 Å². The molecule has 0 aliphatic carbocycles. The maximum absolute atomic E-state index is 11.4. The molecule has 0 aliphatic rings. The van der Waals surface area contributed by atoms with Gasteiger partial charge in [-0.25, -0.2) is 4.79 Å². The summed E-state index contributed by atoms with van der Waals surface area (Å²) in [6, 6.07) is -0.563. The fourth-order valence-corrected chi connectivity index (χ4v) is 1.10. The molecule has 0 saturated carbocycles. The molecule has 4 nitrogen and oxygen atoms in total. The van der Waals surface area contributed by atoms with Crippen molar-refractivity contribution in [3.8, 4) is 0 Å². The zero-order chi connectivity index (χ0) is 11.8. The molecule has 0 aliphatic heterocycles. The number of hydrogen-bond acceptors (Lipinski definition) is 3. The second kappa shape index (κ2) is 7.04. The summed E-state index contributed by atoms with van der Waals surface area (Å²) in [5.41, 5.74) is 0. The van der Waals surface area contributed by atoms with Gasteiger partial charge in [-0.1, -0.05) is 19.9 Å². The molecule has 1 amide bonds. The van der Waals surface area contributed by atoms with Crippen LogP contribution >= 0.6 is 0 Å². The van der Waals surface area contributed by atoms with Crippen LogP contribution in [0.15, 0.2) is 12.7 Å². The molecule has 1 atom stereocenters. The predicted octanol–water partition coefficient (Wildman–Crippen LogP) is 1.27. The number of nitrogens with one attached hydrogen (secondary N) is 1. The molecule has 0 heterocycles. The maximum Gasteiger partial charge on any atom is 0.328 e. The molecule has 0 aromatic carbocycles. The van der Waals surface area contributed by atoms with E-state index >= 15 is 0 Å². The Bertz CT molecular complexity index is 236. The van der Waals surface area contributed by atoms with Crippen molar-refractivity contribution >= 4 is 11.9 Å². The Morgan fingerprint density at radius 1 is 1.47 bits per heavy atom. The van der Waals surface area contributed by atoms with E-state index in [1.54, 1.807) is 6.08 Å². The lowest BCUT2D eigenvalue weighted by Gasteiger charge is -2.19. The number of rotatable bonds is 6. The first-order chi connectivity index (χ1) is 7.02. The molecule has 4 heteroatoms. The molecule has 15 heavy (non-hydrogen) atoms. The van der Waals surface area contributed by atoms with E-state index in [1.807, 2.05) is 13.8 Å². The van der Waals surface area contributed by atoms with Crippen molar-refractivity contribution in [1.82, 2.24) is 5.32 Å². The first-order valence-corrected chi connectivity index (χ1v) is 5.01. The topological polar surface area (TPSA) is 55.4 Å². The van der Waals surface area contributed by atoms with Crippen LogP contribution in [0.4, 0.5) is 0 Å². The minimum absolute atomic E-state index is 0.0186. The zero-order valence-electron chi connectivity index (χ0n) is 9.58. The monoisotopic (exact) mass is 213 g/mol. The summed E-state index contributed by atoms with van der Waals surface area (Å²) in [5.74, 6) is -0.541. The quantitative estimate of drug-likeness (QED) is 0.534. The van der Waals surface area contributed by atoms with Gasteiger partial charge in [0.15, 0.2) is 0 Å². The highest BCUT2D eigenvalue weighted by atomic mass is 16.5. The number of carbonyl (C=O) groups excluding carboxylic acids is 2. The van der Waals surface area contributed by atoms with Crippen LogP contribution in [-0.2, 0) is 14.3 Å². The summed E-state index contributed by atoms with van der Waals surface area (Å²) in [6.07, 6.45) is 2.63. The van der Waals surface area contributed by atoms with Gasteiger partial charge in [0.2, 0.25) is 5.91 Å². The van der Waals surface area contributed by atoms with Crippen LogP contribution in [-0.4, -0.2) is 25.0 Å². The molecule has 0 aromatic heterocycles. The van der Waals surface area contributed by atoms with E-state index in [2.05, 4.69) is 16.6 Å². The van der Waals surface area contributed by atoms with Crippen molar-refractivity contribution in [1.29, 1.82) is 0 Å². The van der Waals surface area contributed by atoms with Gasteiger partial charge in [0.25, 0.3) is 0 Å². The molecular weight excluding hydrogens is 194 g/mol. The highest BCUT2D eigenvalue weighted by Gasteiger charge is 2.24. The molecule has 1 N–H and O–H groups in total. The third kappa shape index (κ3) is 5.20. The van der Waals surface area contributed by atoms with E-state index in [-0.39, 0.29) is 11.8 Å². The van der Waals surface area contributed by atoms with Gasteiger partial charge >= 0.3 is 5.97 Å². The van der Waals surface area contributed by atoms with E-state index in [9.17, 15) is 9.59 Å². The normalized spacial score (nSPS) is 12.0.